The molecule has 0 saturated heterocycles. The first-order valence-corrected chi connectivity index (χ1v) is 7.18. The van der Waals surface area contributed by atoms with Crippen molar-refractivity contribution in [2.45, 2.75) is 25.4 Å². The van der Waals surface area contributed by atoms with Gasteiger partial charge >= 0.3 is 7.12 Å². The summed E-state index contributed by atoms with van der Waals surface area (Å²) >= 11 is 0. The molecule has 3 N–H and O–H groups in total. The molecule has 3 nitrogen and oxygen atoms in total. The van der Waals surface area contributed by atoms with Gasteiger partial charge in [0.15, 0.2) is 0 Å². The van der Waals surface area contributed by atoms with Gasteiger partial charge in [-0.25, -0.2) is 8.78 Å². The van der Waals surface area contributed by atoms with E-state index in [9.17, 15) is 8.78 Å². The van der Waals surface area contributed by atoms with Crippen LogP contribution in [0.15, 0.2) is 36.4 Å². The Bertz CT molecular complexity index is 646. The fourth-order valence-corrected chi connectivity index (χ4v) is 2.89. The predicted molar refractivity (Wildman–Crippen MR) is 80.7 cm³/mol. The standard InChI is InChI=1S/C16H16BF2NO2/c18-15-7-12(17(21)22)8-16(19)14(15)9-20-13-5-10-3-1-2-4-11(10)6-13/h1-4,7-8,13,20-22H,5-6,9H2. The van der Waals surface area contributed by atoms with E-state index in [4.69, 9.17) is 10.0 Å². The summed E-state index contributed by atoms with van der Waals surface area (Å²) in [5.41, 5.74) is 2.26. The van der Waals surface area contributed by atoms with E-state index in [2.05, 4.69) is 17.4 Å². The molecule has 0 atom stereocenters. The van der Waals surface area contributed by atoms with Crippen LogP contribution in [0.2, 0.25) is 0 Å². The van der Waals surface area contributed by atoms with Crippen molar-refractivity contribution in [3.8, 4) is 0 Å². The van der Waals surface area contributed by atoms with Gasteiger partial charge in [0.2, 0.25) is 0 Å². The van der Waals surface area contributed by atoms with E-state index in [1.807, 2.05) is 12.1 Å². The highest BCUT2D eigenvalue weighted by Gasteiger charge is 2.22. The lowest BCUT2D eigenvalue weighted by molar-refractivity contribution is 0.424. The minimum absolute atomic E-state index is 0.0676. The Morgan fingerprint density at radius 2 is 1.59 bits per heavy atom. The maximum Gasteiger partial charge on any atom is 0.488 e. The second kappa shape index (κ2) is 6.16. The number of benzene rings is 2. The number of rotatable bonds is 4. The first-order valence-electron chi connectivity index (χ1n) is 7.18. The third kappa shape index (κ3) is 3.04. The summed E-state index contributed by atoms with van der Waals surface area (Å²) in [5, 5.41) is 21.1. The molecule has 2 aromatic rings. The molecule has 0 spiro atoms. The highest BCUT2D eigenvalue weighted by Crippen LogP contribution is 2.22. The van der Waals surface area contributed by atoms with Crippen LogP contribution in [-0.2, 0) is 19.4 Å². The quantitative estimate of drug-likeness (QED) is 0.736. The SMILES string of the molecule is OB(O)c1cc(F)c(CNC2Cc3ccccc3C2)c(F)c1. The molecule has 0 heterocycles. The Balaban J connectivity index is 1.68. The zero-order chi connectivity index (χ0) is 15.7. The van der Waals surface area contributed by atoms with Gasteiger partial charge in [-0.2, -0.15) is 0 Å². The third-order valence-corrected chi connectivity index (χ3v) is 4.08. The van der Waals surface area contributed by atoms with E-state index < -0.39 is 18.8 Å². The Labute approximate surface area is 127 Å². The van der Waals surface area contributed by atoms with E-state index in [1.54, 1.807) is 0 Å². The molecule has 0 amide bonds. The minimum atomic E-state index is -1.88. The molecule has 0 aromatic heterocycles. The van der Waals surface area contributed by atoms with E-state index in [1.165, 1.54) is 11.1 Å². The van der Waals surface area contributed by atoms with Crippen LogP contribution in [0.5, 0.6) is 0 Å². The molecule has 0 fully saturated rings. The van der Waals surface area contributed by atoms with Crippen LogP contribution in [0.3, 0.4) is 0 Å². The van der Waals surface area contributed by atoms with Gasteiger partial charge in [-0.05, 0) is 41.6 Å². The molecule has 22 heavy (non-hydrogen) atoms. The van der Waals surface area contributed by atoms with Crippen LogP contribution in [0.4, 0.5) is 8.78 Å². The fourth-order valence-electron chi connectivity index (χ4n) is 2.89. The molecule has 1 aliphatic rings. The van der Waals surface area contributed by atoms with Crippen molar-refractivity contribution in [2.75, 3.05) is 0 Å². The molecule has 0 aliphatic heterocycles. The van der Waals surface area contributed by atoms with E-state index in [0.717, 1.165) is 25.0 Å². The van der Waals surface area contributed by atoms with Crippen molar-refractivity contribution < 1.29 is 18.8 Å². The van der Waals surface area contributed by atoms with Crippen LogP contribution >= 0.6 is 0 Å². The summed E-state index contributed by atoms with van der Waals surface area (Å²) in [6.07, 6.45) is 1.68. The maximum atomic E-state index is 13.9. The lowest BCUT2D eigenvalue weighted by Crippen LogP contribution is -2.33. The number of fused-ring (bicyclic) bond motifs is 1. The average Bonchev–Trinajstić information content (AvgIpc) is 2.88. The number of hydrogen-bond donors (Lipinski definition) is 3. The van der Waals surface area contributed by atoms with Crippen LogP contribution < -0.4 is 10.8 Å². The normalized spacial score (nSPS) is 14.2. The van der Waals surface area contributed by atoms with Crippen molar-refractivity contribution in [1.82, 2.24) is 5.32 Å². The van der Waals surface area contributed by atoms with Gasteiger partial charge in [0.1, 0.15) is 11.6 Å². The molecule has 3 rings (SSSR count). The number of halogens is 2. The molecule has 6 heteroatoms. The summed E-state index contributed by atoms with van der Waals surface area (Å²) in [4.78, 5) is 0. The van der Waals surface area contributed by atoms with Crippen molar-refractivity contribution in [1.29, 1.82) is 0 Å². The molecule has 114 valence electrons. The summed E-state index contributed by atoms with van der Waals surface area (Å²) in [6.45, 7) is 0.0676. The van der Waals surface area contributed by atoms with Crippen molar-refractivity contribution in [3.05, 3.63) is 64.7 Å². The maximum absolute atomic E-state index is 13.9. The van der Waals surface area contributed by atoms with Crippen molar-refractivity contribution in [2.24, 2.45) is 0 Å². The van der Waals surface area contributed by atoms with Gasteiger partial charge in [0, 0.05) is 18.2 Å². The second-order valence-electron chi connectivity index (χ2n) is 5.59. The lowest BCUT2D eigenvalue weighted by atomic mass is 9.80. The van der Waals surface area contributed by atoms with E-state index in [0.29, 0.717) is 0 Å². The van der Waals surface area contributed by atoms with Gasteiger partial charge in [0.25, 0.3) is 0 Å². The molecule has 2 aromatic carbocycles. The van der Waals surface area contributed by atoms with Crippen molar-refractivity contribution in [3.63, 3.8) is 0 Å². The predicted octanol–water partition coefficient (Wildman–Crippen LogP) is 0.902. The van der Waals surface area contributed by atoms with Crippen molar-refractivity contribution >= 4 is 12.6 Å². The summed E-state index contributed by atoms with van der Waals surface area (Å²) < 4.78 is 27.8. The molecular weight excluding hydrogens is 287 g/mol. The van der Waals surface area contributed by atoms with Crippen LogP contribution in [0.25, 0.3) is 0 Å². The molecule has 0 unspecified atom stereocenters. The summed E-state index contributed by atoms with van der Waals surface area (Å²) in [6, 6.07) is 10.2. The van der Waals surface area contributed by atoms with Crippen LogP contribution in [-0.4, -0.2) is 23.2 Å². The Morgan fingerprint density at radius 1 is 1.05 bits per heavy atom. The Hall–Kier alpha value is -1.76. The van der Waals surface area contributed by atoms with Gasteiger partial charge in [-0.15, -0.1) is 0 Å². The highest BCUT2D eigenvalue weighted by molar-refractivity contribution is 6.58. The summed E-state index contributed by atoms with van der Waals surface area (Å²) in [7, 11) is -1.88. The molecular formula is C16H16BF2NO2. The second-order valence-corrected chi connectivity index (χ2v) is 5.59. The first-order chi connectivity index (χ1) is 10.5. The Kier molecular flexibility index (Phi) is 4.24. The molecule has 0 saturated carbocycles. The monoisotopic (exact) mass is 303 g/mol. The largest absolute Gasteiger partial charge is 0.488 e. The molecule has 0 bridgehead atoms. The zero-order valence-electron chi connectivity index (χ0n) is 11.9. The smallest absolute Gasteiger partial charge is 0.423 e. The van der Waals surface area contributed by atoms with E-state index >= 15 is 0 Å². The van der Waals surface area contributed by atoms with Crippen LogP contribution in [0, 0.1) is 11.6 Å². The number of nitrogens with one attached hydrogen (secondary N) is 1. The lowest BCUT2D eigenvalue weighted by Gasteiger charge is -2.14. The third-order valence-electron chi connectivity index (χ3n) is 4.08. The first kappa shape index (κ1) is 15.2. The molecule has 1 aliphatic carbocycles. The molecule has 0 radical (unpaired) electrons. The minimum Gasteiger partial charge on any atom is -0.423 e. The average molecular weight is 303 g/mol. The van der Waals surface area contributed by atoms with Gasteiger partial charge < -0.3 is 15.4 Å². The van der Waals surface area contributed by atoms with Gasteiger partial charge in [0.05, 0.1) is 0 Å². The highest BCUT2D eigenvalue weighted by atomic mass is 19.1. The summed E-state index contributed by atoms with van der Waals surface area (Å²) in [5.74, 6) is -1.54. The van der Waals surface area contributed by atoms with Crippen LogP contribution in [0.1, 0.15) is 16.7 Å². The van der Waals surface area contributed by atoms with E-state index in [-0.39, 0.29) is 23.6 Å². The van der Waals surface area contributed by atoms with Gasteiger partial charge in [-0.1, -0.05) is 24.3 Å². The topological polar surface area (TPSA) is 52.5 Å². The fraction of sp³-hybridized carbons (Fsp3) is 0.250. The van der Waals surface area contributed by atoms with Gasteiger partial charge in [-0.3, -0.25) is 0 Å². The number of hydrogen-bond acceptors (Lipinski definition) is 3. The Morgan fingerprint density at radius 3 is 2.09 bits per heavy atom. The zero-order valence-corrected chi connectivity index (χ0v) is 11.9.